The summed E-state index contributed by atoms with van der Waals surface area (Å²) in [5.74, 6) is -0.0224. The molecular formula is C12H22N2O3. The fourth-order valence-electron chi connectivity index (χ4n) is 1.80. The summed E-state index contributed by atoms with van der Waals surface area (Å²) in [6.45, 7) is 10.0. The van der Waals surface area contributed by atoms with E-state index >= 15 is 0 Å². The van der Waals surface area contributed by atoms with Crippen molar-refractivity contribution in [3.8, 4) is 0 Å². The average molecular weight is 242 g/mol. The molecule has 17 heavy (non-hydrogen) atoms. The van der Waals surface area contributed by atoms with Gasteiger partial charge in [0.2, 0.25) is 5.91 Å². The van der Waals surface area contributed by atoms with Crippen molar-refractivity contribution < 1.29 is 14.3 Å². The Morgan fingerprint density at radius 3 is 2.47 bits per heavy atom. The number of rotatable bonds is 2. The number of amides is 2. The highest BCUT2D eigenvalue weighted by Crippen LogP contribution is 2.15. The first-order valence-electron chi connectivity index (χ1n) is 6.00. The molecular weight excluding hydrogens is 220 g/mol. The fourth-order valence-corrected chi connectivity index (χ4v) is 1.80. The smallest absolute Gasteiger partial charge is 0.408 e. The van der Waals surface area contributed by atoms with Crippen molar-refractivity contribution >= 4 is 12.0 Å². The number of hydrogen-bond donors (Lipinski definition) is 1. The molecule has 0 unspecified atom stereocenters. The summed E-state index contributed by atoms with van der Waals surface area (Å²) in [6, 6.07) is -0.264. The number of hydrogen-bond acceptors (Lipinski definition) is 3. The van der Waals surface area contributed by atoms with Crippen LogP contribution in [0.4, 0.5) is 4.79 Å². The zero-order valence-electron chi connectivity index (χ0n) is 11.2. The lowest BCUT2D eigenvalue weighted by molar-refractivity contribution is -0.130. The van der Waals surface area contributed by atoms with Crippen molar-refractivity contribution in [3.05, 3.63) is 0 Å². The maximum atomic E-state index is 11.9. The summed E-state index contributed by atoms with van der Waals surface area (Å²) in [4.78, 5) is 25.2. The van der Waals surface area contributed by atoms with E-state index in [2.05, 4.69) is 5.32 Å². The molecule has 1 atom stereocenters. The third kappa shape index (κ3) is 3.91. The first kappa shape index (κ1) is 13.8. The van der Waals surface area contributed by atoms with Crippen LogP contribution in [0.3, 0.4) is 0 Å². The molecule has 0 radical (unpaired) electrons. The van der Waals surface area contributed by atoms with E-state index in [1.54, 1.807) is 25.7 Å². The minimum Gasteiger partial charge on any atom is -0.444 e. The van der Waals surface area contributed by atoms with Gasteiger partial charge in [0.1, 0.15) is 11.6 Å². The zero-order valence-corrected chi connectivity index (χ0v) is 11.2. The Balaban J connectivity index is 2.49. The number of carbonyl (C=O) groups excluding carboxylic acids is 2. The van der Waals surface area contributed by atoms with Crippen LogP contribution in [0.5, 0.6) is 0 Å². The SMILES string of the molecule is CC(C)N1CC[C@H](NC(=O)OC(C)(C)C)C1=O. The highest BCUT2D eigenvalue weighted by molar-refractivity contribution is 5.87. The van der Waals surface area contributed by atoms with E-state index in [0.717, 1.165) is 0 Å². The third-order valence-electron chi connectivity index (χ3n) is 2.55. The predicted octanol–water partition coefficient (Wildman–Crippen LogP) is 1.52. The van der Waals surface area contributed by atoms with E-state index in [1.807, 2.05) is 13.8 Å². The predicted molar refractivity (Wildman–Crippen MR) is 64.6 cm³/mol. The lowest BCUT2D eigenvalue weighted by Gasteiger charge is -2.23. The van der Waals surface area contributed by atoms with Crippen molar-refractivity contribution in [2.75, 3.05) is 6.54 Å². The van der Waals surface area contributed by atoms with Gasteiger partial charge in [0.15, 0.2) is 0 Å². The highest BCUT2D eigenvalue weighted by Gasteiger charge is 2.34. The van der Waals surface area contributed by atoms with E-state index in [9.17, 15) is 9.59 Å². The summed E-state index contributed by atoms with van der Waals surface area (Å²) in [6.07, 6.45) is 0.123. The number of alkyl carbamates (subject to hydrolysis) is 1. The van der Waals surface area contributed by atoms with Crippen molar-refractivity contribution in [2.24, 2.45) is 0 Å². The Labute approximate surface area is 102 Å². The molecule has 1 aliphatic heterocycles. The molecule has 5 heteroatoms. The Hall–Kier alpha value is -1.26. The lowest BCUT2D eigenvalue weighted by Crippen LogP contribution is -2.45. The van der Waals surface area contributed by atoms with E-state index in [1.165, 1.54) is 0 Å². The summed E-state index contributed by atoms with van der Waals surface area (Å²) in [5, 5.41) is 2.62. The molecule has 0 saturated carbocycles. The third-order valence-corrected chi connectivity index (χ3v) is 2.55. The van der Waals surface area contributed by atoms with E-state index < -0.39 is 17.7 Å². The maximum absolute atomic E-state index is 11.9. The van der Waals surface area contributed by atoms with Gasteiger partial charge in [-0.25, -0.2) is 4.79 Å². The van der Waals surface area contributed by atoms with E-state index in [0.29, 0.717) is 13.0 Å². The number of nitrogens with one attached hydrogen (secondary N) is 1. The van der Waals surface area contributed by atoms with Crippen LogP contribution in [-0.4, -0.2) is 41.1 Å². The molecule has 0 aromatic heterocycles. The molecule has 1 N–H and O–H groups in total. The molecule has 1 fully saturated rings. The maximum Gasteiger partial charge on any atom is 0.408 e. The standard InChI is InChI=1S/C12H22N2O3/c1-8(2)14-7-6-9(10(14)15)13-11(16)17-12(3,4)5/h8-9H,6-7H2,1-5H3,(H,13,16)/t9-/m0/s1. The van der Waals surface area contributed by atoms with E-state index in [-0.39, 0.29) is 11.9 Å². The first-order valence-corrected chi connectivity index (χ1v) is 6.00. The molecule has 1 heterocycles. The molecule has 2 amide bonds. The second kappa shape index (κ2) is 4.94. The Morgan fingerprint density at radius 2 is 2.06 bits per heavy atom. The number of ether oxygens (including phenoxy) is 1. The highest BCUT2D eigenvalue weighted by atomic mass is 16.6. The van der Waals surface area contributed by atoms with Gasteiger partial charge in [0.25, 0.3) is 0 Å². The Morgan fingerprint density at radius 1 is 1.47 bits per heavy atom. The Kier molecular flexibility index (Phi) is 4.01. The second-order valence-electron chi connectivity index (χ2n) is 5.61. The summed E-state index contributed by atoms with van der Waals surface area (Å²) < 4.78 is 5.12. The average Bonchev–Trinajstić information content (AvgIpc) is 2.44. The zero-order chi connectivity index (χ0) is 13.2. The molecule has 98 valence electrons. The van der Waals surface area contributed by atoms with Crippen LogP contribution in [-0.2, 0) is 9.53 Å². The molecule has 0 aromatic carbocycles. The van der Waals surface area contributed by atoms with Crippen molar-refractivity contribution in [1.29, 1.82) is 0 Å². The van der Waals surface area contributed by atoms with Gasteiger partial charge in [-0.1, -0.05) is 0 Å². The lowest BCUT2D eigenvalue weighted by atomic mass is 10.2. The van der Waals surface area contributed by atoms with Gasteiger partial charge in [-0.05, 0) is 41.0 Å². The van der Waals surface area contributed by atoms with Gasteiger partial charge in [0, 0.05) is 12.6 Å². The minimum atomic E-state index is -0.538. The van der Waals surface area contributed by atoms with Gasteiger partial charge in [-0.3, -0.25) is 4.79 Å². The van der Waals surface area contributed by atoms with Crippen LogP contribution in [0, 0.1) is 0 Å². The number of likely N-dealkylation sites (tertiary alicyclic amines) is 1. The molecule has 0 bridgehead atoms. The molecule has 5 nitrogen and oxygen atoms in total. The first-order chi connectivity index (χ1) is 7.70. The van der Waals surface area contributed by atoms with Crippen LogP contribution >= 0.6 is 0 Å². The second-order valence-corrected chi connectivity index (χ2v) is 5.61. The van der Waals surface area contributed by atoms with Crippen LogP contribution < -0.4 is 5.32 Å². The van der Waals surface area contributed by atoms with Gasteiger partial charge < -0.3 is 15.0 Å². The number of nitrogens with zero attached hydrogens (tertiary/aromatic N) is 1. The molecule has 0 aromatic rings. The largest absolute Gasteiger partial charge is 0.444 e. The quantitative estimate of drug-likeness (QED) is 0.798. The summed E-state index contributed by atoms with van der Waals surface area (Å²) in [7, 11) is 0. The van der Waals surface area contributed by atoms with Crippen molar-refractivity contribution in [1.82, 2.24) is 10.2 Å². The number of carbonyl (C=O) groups is 2. The monoisotopic (exact) mass is 242 g/mol. The van der Waals surface area contributed by atoms with Crippen LogP contribution in [0.1, 0.15) is 41.0 Å². The fraction of sp³-hybridized carbons (Fsp3) is 0.833. The molecule has 0 aliphatic carbocycles. The van der Waals surface area contributed by atoms with Gasteiger partial charge >= 0.3 is 6.09 Å². The van der Waals surface area contributed by atoms with Gasteiger partial charge in [0.05, 0.1) is 0 Å². The minimum absolute atomic E-state index is 0.0224. The van der Waals surface area contributed by atoms with Crippen LogP contribution in [0.25, 0.3) is 0 Å². The van der Waals surface area contributed by atoms with Crippen molar-refractivity contribution in [2.45, 2.75) is 58.7 Å². The van der Waals surface area contributed by atoms with Crippen LogP contribution in [0.2, 0.25) is 0 Å². The van der Waals surface area contributed by atoms with Crippen LogP contribution in [0.15, 0.2) is 0 Å². The molecule has 1 rings (SSSR count). The summed E-state index contributed by atoms with van der Waals surface area (Å²) in [5.41, 5.74) is -0.538. The van der Waals surface area contributed by atoms with Crippen molar-refractivity contribution in [3.63, 3.8) is 0 Å². The van der Waals surface area contributed by atoms with E-state index in [4.69, 9.17) is 4.74 Å². The van der Waals surface area contributed by atoms with Gasteiger partial charge in [-0.15, -0.1) is 0 Å². The molecule has 1 aliphatic rings. The van der Waals surface area contributed by atoms with Gasteiger partial charge in [-0.2, -0.15) is 0 Å². The molecule has 0 spiro atoms. The summed E-state index contributed by atoms with van der Waals surface area (Å²) >= 11 is 0. The Bertz CT molecular complexity index is 307. The molecule has 1 saturated heterocycles. The normalized spacial score (nSPS) is 20.9. The topological polar surface area (TPSA) is 58.6 Å².